The van der Waals surface area contributed by atoms with Gasteiger partial charge in [-0.25, -0.2) is 4.98 Å². The number of nitrogens with zero attached hydrogens (tertiary/aromatic N) is 2. The van der Waals surface area contributed by atoms with Gasteiger partial charge in [0.05, 0.1) is 7.11 Å². The second-order valence-electron chi connectivity index (χ2n) is 4.56. The molecule has 1 heterocycles. The first-order valence-corrected chi connectivity index (χ1v) is 6.46. The first kappa shape index (κ1) is 13.1. The Morgan fingerprint density at radius 2 is 2.05 bits per heavy atom. The Balaban J connectivity index is 1.74. The molecule has 0 unspecified atom stereocenters. The van der Waals surface area contributed by atoms with Gasteiger partial charge in [0.1, 0.15) is 12.1 Å². The van der Waals surface area contributed by atoms with Crippen molar-refractivity contribution in [1.82, 2.24) is 20.5 Å². The smallest absolute Gasteiger partial charge is 0.288 e. The lowest BCUT2D eigenvalue weighted by Crippen LogP contribution is -2.23. The zero-order chi connectivity index (χ0) is 14.7. The molecule has 3 aromatic rings. The maximum absolute atomic E-state index is 11.8. The Labute approximate surface area is 121 Å². The number of aromatic nitrogens is 3. The SMILES string of the molecule is COc1ccc2cc(CNC(=O)c3ncn[nH]3)ccc2c1. The van der Waals surface area contributed by atoms with Crippen molar-refractivity contribution in [3.8, 4) is 5.75 Å². The van der Waals surface area contributed by atoms with E-state index in [1.807, 2.05) is 36.4 Å². The monoisotopic (exact) mass is 282 g/mol. The number of nitrogens with one attached hydrogen (secondary N) is 2. The van der Waals surface area contributed by atoms with Gasteiger partial charge in [-0.1, -0.05) is 18.2 Å². The van der Waals surface area contributed by atoms with Gasteiger partial charge < -0.3 is 10.1 Å². The first-order chi connectivity index (χ1) is 10.3. The molecule has 0 bridgehead atoms. The minimum atomic E-state index is -0.276. The second kappa shape index (κ2) is 5.62. The Morgan fingerprint density at radius 3 is 2.81 bits per heavy atom. The molecule has 0 atom stereocenters. The molecular weight excluding hydrogens is 268 g/mol. The number of benzene rings is 2. The highest BCUT2D eigenvalue weighted by Gasteiger charge is 2.07. The molecule has 1 amide bonds. The molecular formula is C15H14N4O2. The molecule has 0 aliphatic rings. The molecule has 6 nitrogen and oxygen atoms in total. The van der Waals surface area contributed by atoms with E-state index in [0.29, 0.717) is 6.54 Å². The molecule has 0 fully saturated rings. The predicted molar refractivity (Wildman–Crippen MR) is 78.1 cm³/mol. The van der Waals surface area contributed by atoms with Crippen LogP contribution in [0, 0.1) is 0 Å². The Kier molecular flexibility index (Phi) is 3.51. The number of carbonyl (C=O) groups excluding carboxylic acids is 1. The molecule has 2 aromatic carbocycles. The maximum atomic E-state index is 11.8. The molecule has 3 rings (SSSR count). The number of hydrogen-bond acceptors (Lipinski definition) is 4. The fourth-order valence-electron chi connectivity index (χ4n) is 2.09. The molecule has 0 spiro atoms. The van der Waals surface area contributed by atoms with Crippen LogP contribution in [0.5, 0.6) is 5.75 Å². The lowest BCUT2D eigenvalue weighted by molar-refractivity contribution is 0.0941. The molecule has 0 aliphatic heterocycles. The summed E-state index contributed by atoms with van der Waals surface area (Å²) in [5.41, 5.74) is 1.01. The minimum absolute atomic E-state index is 0.209. The van der Waals surface area contributed by atoms with Crippen molar-refractivity contribution in [3.05, 3.63) is 54.1 Å². The van der Waals surface area contributed by atoms with Crippen LogP contribution in [0.15, 0.2) is 42.7 Å². The fourth-order valence-corrected chi connectivity index (χ4v) is 2.09. The molecule has 0 saturated carbocycles. The van der Waals surface area contributed by atoms with Crippen molar-refractivity contribution in [2.75, 3.05) is 7.11 Å². The molecule has 1 aromatic heterocycles. The molecule has 106 valence electrons. The summed E-state index contributed by atoms with van der Waals surface area (Å²) in [5, 5.41) is 11.2. The van der Waals surface area contributed by atoms with Crippen molar-refractivity contribution < 1.29 is 9.53 Å². The van der Waals surface area contributed by atoms with Gasteiger partial charge in [0.15, 0.2) is 0 Å². The average Bonchev–Trinajstić information content (AvgIpc) is 3.06. The standard InChI is InChI=1S/C15H14N4O2/c1-21-13-5-4-11-6-10(2-3-12(11)7-13)8-16-15(20)14-17-9-18-19-14/h2-7,9H,8H2,1H3,(H,16,20)(H,17,18,19). The Morgan fingerprint density at radius 1 is 1.24 bits per heavy atom. The largest absolute Gasteiger partial charge is 0.497 e. The van der Waals surface area contributed by atoms with Crippen molar-refractivity contribution in [3.63, 3.8) is 0 Å². The third kappa shape index (κ3) is 2.84. The fraction of sp³-hybridized carbons (Fsp3) is 0.133. The van der Waals surface area contributed by atoms with Crippen molar-refractivity contribution in [2.24, 2.45) is 0 Å². The number of fused-ring (bicyclic) bond motifs is 1. The van der Waals surface area contributed by atoms with E-state index in [-0.39, 0.29) is 11.7 Å². The molecule has 0 aliphatic carbocycles. The van der Waals surface area contributed by atoms with E-state index in [9.17, 15) is 4.79 Å². The summed E-state index contributed by atoms with van der Waals surface area (Å²) in [6, 6.07) is 11.9. The van der Waals surface area contributed by atoms with Gasteiger partial charge in [-0.2, -0.15) is 5.10 Å². The highest BCUT2D eigenvalue weighted by atomic mass is 16.5. The van der Waals surface area contributed by atoms with Crippen molar-refractivity contribution >= 4 is 16.7 Å². The summed E-state index contributed by atoms with van der Waals surface area (Å²) in [7, 11) is 1.65. The predicted octanol–water partition coefficient (Wildman–Crippen LogP) is 1.90. The number of hydrogen-bond donors (Lipinski definition) is 2. The molecule has 2 N–H and O–H groups in total. The van der Waals surface area contributed by atoms with Crippen molar-refractivity contribution in [1.29, 1.82) is 0 Å². The van der Waals surface area contributed by atoms with Gasteiger partial charge in [-0.3, -0.25) is 9.89 Å². The van der Waals surface area contributed by atoms with Crippen LogP contribution in [0.3, 0.4) is 0 Å². The second-order valence-corrected chi connectivity index (χ2v) is 4.56. The van der Waals surface area contributed by atoms with Gasteiger partial charge in [0, 0.05) is 6.54 Å². The highest BCUT2D eigenvalue weighted by Crippen LogP contribution is 2.21. The average molecular weight is 282 g/mol. The van der Waals surface area contributed by atoms with E-state index in [1.54, 1.807) is 7.11 Å². The van der Waals surface area contributed by atoms with Gasteiger partial charge in [0.25, 0.3) is 5.91 Å². The van der Waals surface area contributed by atoms with Gasteiger partial charge in [0.2, 0.25) is 5.82 Å². The van der Waals surface area contributed by atoms with Crippen LogP contribution in [0.4, 0.5) is 0 Å². The van der Waals surface area contributed by atoms with Crippen LogP contribution in [0.25, 0.3) is 10.8 Å². The molecule has 0 radical (unpaired) electrons. The summed E-state index contributed by atoms with van der Waals surface area (Å²) < 4.78 is 5.20. The van der Waals surface area contributed by atoms with Crippen LogP contribution in [-0.2, 0) is 6.54 Å². The number of methoxy groups -OCH3 is 1. The zero-order valence-corrected chi connectivity index (χ0v) is 11.5. The Bertz CT molecular complexity index is 768. The van der Waals surface area contributed by atoms with E-state index >= 15 is 0 Å². The highest BCUT2D eigenvalue weighted by molar-refractivity contribution is 5.90. The van der Waals surface area contributed by atoms with Gasteiger partial charge in [-0.05, 0) is 34.5 Å². The van der Waals surface area contributed by atoms with E-state index in [4.69, 9.17) is 4.74 Å². The summed E-state index contributed by atoms with van der Waals surface area (Å²) in [5.74, 6) is 0.761. The molecule has 21 heavy (non-hydrogen) atoms. The van der Waals surface area contributed by atoms with Gasteiger partial charge in [-0.15, -0.1) is 0 Å². The summed E-state index contributed by atoms with van der Waals surface area (Å²) in [4.78, 5) is 15.6. The molecule has 6 heteroatoms. The zero-order valence-electron chi connectivity index (χ0n) is 11.5. The number of ether oxygens (including phenoxy) is 1. The first-order valence-electron chi connectivity index (χ1n) is 6.46. The normalized spacial score (nSPS) is 10.5. The Hall–Kier alpha value is -2.89. The van der Waals surface area contributed by atoms with E-state index in [0.717, 1.165) is 22.1 Å². The molecule has 0 saturated heterocycles. The van der Waals surface area contributed by atoms with Crippen LogP contribution >= 0.6 is 0 Å². The maximum Gasteiger partial charge on any atom is 0.288 e. The summed E-state index contributed by atoms with van der Waals surface area (Å²) in [6.07, 6.45) is 1.30. The van der Waals surface area contributed by atoms with E-state index in [1.165, 1.54) is 6.33 Å². The third-order valence-electron chi connectivity index (χ3n) is 3.19. The van der Waals surface area contributed by atoms with E-state index in [2.05, 4.69) is 20.5 Å². The van der Waals surface area contributed by atoms with Gasteiger partial charge >= 0.3 is 0 Å². The van der Waals surface area contributed by atoms with Crippen molar-refractivity contribution in [2.45, 2.75) is 6.54 Å². The van der Waals surface area contributed by atoms with Crippen LogP contribution in [0.1, 0.15) is 16.2 Å². The quantitative estimate of drug-likeness (QED) is 0.766. The number of aromatic amines is 1. The lowest BCUT2D eigenvalue weighted by atomic mass is 10.1. The number of amides is 1. The summed E-state index contributed by atoms with van der Waals surface area (Å²) in [6.45, 7) is 0.432. The van der Waals surface area contributed by atoms with Crippen LogP contribution < -0.4 is 10.1 Å². The lowest BCUT2D eigenvalue weighted by Gasteiger charge is -2.06. The summed E-state index contributed by atoms with van der Waals surface area (Å²) >= 11 is 0. The number of rotatable bonds is 4. The number of H-pyrrole nitrogens is 1. The van der Waals surface area contributed by atoms with Crippen LogP contribution in [0.2, 0.25) is 0 Å². The number of carbonyl (C=O) groups is 1. The third-order valence-corrected chi connectivity index (χ3v) is 3.19. The van der Waals surface area contributed by atoms with E-state index < -0.39 is 0 Å². The topological polar surface area (TPSA) is 79.9 Å². The van der Waals surface area contributed by atoms with Crippen LogP contribution in [-0.4, -0.2) is 28.2 Å². The minimum Gasteiger partial charge on any atom is -0.497 e.